The van der Waals surface area contributed by atoms with E-state index in [2.05, 4.69) is 0 Å². The van der Waals surface area contributed by atoms with Gasteiger partial charge in [0.2, 0.25) is 10.0 Å². The monoisotopic (exact) mass is 458 g/mol. The standard InChI is InChI=1S/C21H26F3N3O3S/c1-15-6-4-5-7-16(15)13-27(18-10-11-26(14-18)31(3,28)29)17-8-9-20(25-30-2)19(12-17)21(22,23)24/h4-9,12,18,25H,10-11,13-14H2,1-3H3/p+1. The molecule has 1 fully saturated rings. The molecule has 2 N–H and O–H groups in total. The zero-order valence-electron chi connectivity index (χ0n) is 17.7. The predicted molar refractivity (Wildman–Crippen MR) is 112 cm³/mol. The van der Waals surface area contributed by atoms with Crippen LogP contribution in [0.15, 0.2) is 42.5 Å². The van der Waals surface area contributed by atoms with Crippen LogP contribution in [0.25, 0.3) is 0 Å². The van der Waals surface area contributed by atoms with Crippen LogP contribution in [0.1, 0.15) is 23.1 Å². The van der Waals surface area contributed by atoms with E-state index in [9.17, 15) is 21.6 Å². The van der Waals surface area contributed by atoms with Gasteiger partial charge in [-0.15, -0.1) is 0 Å². The first kappa shape index (κ1) is 23.5. The third kappa shape index (κ3) is 5.57. The fourth-order valence-electron chi connectivity index (χ4n) is 3.87. The fourth-order valence-corrected chi connectivity index (χ4v) is 4.75. The lowest BCUT2D eigenvalue weighted by molar-refractivity contribution is -0.830. The molecule has 31 heavy (non-hydrogen) atoms. The minimum atomic E-state index is -4.55. The van der Waals surface area contributed by atoms with Crippen LogP contribution in [0, 0.1) is 6.92 Å². The maximum atomic E-state index is 13.7. The summed E-state index contributed by atoms with van der Waals surface area (Å²) >= 11 is 0. The minimum absolute atomic E-state index is 0.0567. The molecule has 1 aliphatic rings. The summed E-state index contributed by atoms with van der Waals surface area (Å²) in [6.07, 6.45) is -2.87. The summed E-state index contributed by atoms with van der Waals surface area (Å²) in [5.41, 5.74) is 2.61. The van der Waals surface area contributed by atoms with Gasteiger partial charge >= 0.3 is 6.18 Å². The molecule has 10 heteroatoms. The van der Waals surface area contributed by atoms with E-state index in [4.69, 9.17) is 4.84 Å². The summed E-state index contributed by atoms with van der Waals surface area (Å²) in [5, 5.41) is 0. The summed E-state index contributed by atoms with van der Waals surface area (Å²) < 4.78 is 66.5. The molecule has 1 aliphatic heterocycles. The van der Waals surface area contributed by atoms with E-state index in [1.165, 1.54) is 17.5 Å². The van der Waals surface area contributed by atoms with Gasteiger partial charge in [-0.2, -0.15) is 18.7 Å². The number of rotatable bonds is 7. The third-order valence-electron chi connectivity index (χ3n) is 5.56. The quantitative estimate of drug-likeness (QED) is 0.512. The minimum Gasteiger partial charge on any atom is -0.363 e. The Hall–Kier alpha value is -2.14. The van der Waals surface area contributed by atoms with Crippen molar-refractivity contribution in [1.29, 1.82) is 0 Å². The topological polar surface area (TPSA) is 66.5 Å². The molecule has 0 spiro atoms. The largest absolute Gasteiger partial charge is 0.422 e. The molecule has 2 aromatic rings. The van der Waals surface area contributed by atoms with E-state index >= 15 is 0 Å². The molecule has 0 bridgehead atoms. The van der Waals surface area contributed by atoms with E-state index in [1.54, 1.807) is 6.07 Å². The van der Waals surface area contributed by atoms with Crippen LogP contribution in [0.4, 0.5) is 24.5 Å². The summed E-state index contributed by atoms with van der Waals surface area (Å²) in [7, 11) is -2.07. The number of nitrogens with zero attached hydrogens (tertiary/aromatic N) is 2. The number of aryl methyl sites for hydroxylation is 1. The van der Waals surface area contributed by atoms with Gasteiger partial charge in [0.05, 0.1) is 13.4 Å². The molecule has 0 amide bonds. The van der Waals surface area contributed by atoms with Crippen molar-refractivity contribution in [2.75, 3.05) is 31.4 Å². The Morgan fingerprint density at radius 3 is 2.52 bits per heavy atom. The SMILES string of the molecule is CO[NH2+]c1ccc(N(Cc2ccccc2C)C2CCN(S(C)(=O)=O)C2)cc1C(F)(F)F. The molecule has 0 radical (unpaired) electrons. The molecule has 0 aromatic heterocycles. The van der Waals surface area contributed by atoms with E-state index < -0.39 is 21.8 Å². The lowest BCUT2D eigenvalue weighted by atomic mass is 10.0. The fraction of sp³-hybridized carbons (Fsp3) is 0.429. The molecule has 1 heterocycles. The summed E-state index contributed by atoms with van der Waals surface area (Å²) in [6, 6.07) is 11.6. The zero-order chi connectivity index (χ0) is 22.8. The lowest BCUT2D eigenvalue weighted by Gasteiger charge is -2.32. The van der Waals surface area contributed by atoms with Crippen molar-refractivity contribution >= 4 is 21.4 Å². The van der Waals surface area contributed by atoms with Crippen LogP contribution in [0.3, 0.4) is 0 Å². The number of halogens is 3. The van der Waals surface area contributed by atoms with Crippen LogP contribution >= 0.6 is 0 Å². The molecule has 6 nitrogen and oxygen atoms in total. The van der Waals surface area contributed by atoms with Crippen molar-refractivity contribution < 1.29 is 31.9 Å². The lowest BCUT2D eigenvalue weighted by Crippen LogP contribution is -2.76. The first-order valence-corrected chi connectivity index (χ1v) is 11.7. The predicted octanol–water partition coefficient (Wildman–Crippen LogP) is 2.81. The Kier molecular flexibility index (Phi) is 6.95. The van der Waals surface area contributed by atoms with E-state index in [-0.39, 0.29) is 18.3 Å². The number of anilines is 1. The molecule has 2 aromatic carbocycles. The van der Waals surface area contributed by atoms with Crippen molar-refractivity contribution in [3.05, 3.63) is 59.2 Å². The highest BCUT2D eigenvalue weighted by Crippen LogP contribution is 2.37. The van der Waals surface area contributed by atoms with Gasteiger partial charge in [-0.05, 0) is 36.6 Å². The number of sulfonamides is 1. The molecule has 0 aliphatic carbocycles. The molecular formula is C21H27F3N3O3S+. The van der Waals surface area contributed by atoms with Crippen molar-refractivity contribution in [2.45, 2.75) is 32.1 Å². The average molecular weight is 459 g/mol. The summed E-state index contributed by atoms with van der Waals surface area (Å²) in [5.74, 6) is 0. The first-order chi connectivity index (χ1) is 14.5. The molecule has 3 rings (SSSR count). The molecule has 1 saturated heterocycles. The number of benzene rings is 2. The van der Waals surface area contributed by atoms with Crippen LogP contribution in [0.5, 0.6) is 0 Å². The zero-order valence-corrected chi connectivity index (χ0v) is 18.5. The van der Waals surface area contributed by atoms with Crippen molar-refractivity contribution in [3.63, 3.8) is 0 Å². The summed E-state index contributed by atoms with van der Waals surface area (Å²) in [4.78, 5) is 6.69. The van der Waals surface area contributed by atoms with Gasteiger partial charge in [-0.3, -0.25) is 0 Å². The Labute approximate surface area is 180 Å². The van der Waals surface area contributed by atoms with E-state index in [0.717, 1.165) is 28.9 Å². The average Bonchev–Trinajstić information content (AvgIpc) is 3.18. The van der Waals surface area contributed by atoms with Crippen LogP contribution in [-0.4, -0.2) is 45.2 Å². The Balaban J connectivity index is 2.03. The highest BCUT2D eigenvalue weighted by atomic mass is 32.2. The van der Waals surface area contributed by atoms with E-state index in [1.807, 2.05) is 36.1 Å². The van der Waals surface area contributed by atoms with Gasteiger partial charge < -0.3 is 4.90 Å². The van der Waals surface area contributed by atoms with Crippen LogP contribution < -0.4 is 10.4 Å². The van der Waals surface area contributed by atoms with Crippen molar-refractivity contribution in [3.8, 4) is 0 Å². The Morgan fingerprint density at radius 1 is 1.23 bits per heavy atom. The van der Waals surface area contributed by atoms with Gasteiger partial charge in [-0.1, -0.05) is 24.3 Å². The molecule has 1 unspecified atom stereocenters. The molecular weight excluding hydrogens is 431 g/mol. The Bertz CT molecular complexity index is 1030. The number of nitrogens with two attached hydrogens (primary N) is 1. The first-order valence-electron chi connectivity index (χ1n) is 9.84. The molecule has 0 saturated carbocycles. The van der Waals surface area contributed by atoms with Gasteiger partial charge in [0.15, 0.2) is 5.69 Å². The van der Waals surface area contributed by atoms with Crippen LogP contribution in [-0.2, 0) is 27.6 Å². The van der Waals surface area contributed by atoms with Crippen molar-refractivity contribution in [1.82, 2.24) is 4.31 Å². The van der Waals surface area contributed by atoms with Gasteiger partial charge in [-0.25, -0.2) is 17.6 Å². The van der Waals surface area contributed by atoms with E-state index in [0.29, 0.717) is 25.2 Å². The second-order valence-electron chi connectivity index (χ2n) is 7.74. The maximum Gasteiger partial charge on any atom is 0.422 e. The molecule has 170 valence electrons. The number of hydrogen-bond donors (Lipinski definition) is 1. The van der Waals surface area contributed by atoms with Crippen LogP contribution in [0.2, 0.25) is 0 Å². The van der Waals surface area contributed by atoms with Gasteiger partial charge in [0, 0.05) is 37.4 Å². The highest BCUT2D eigenvalue weighted by Gasteiger charge is 2.38. The Morgan fingerprint density at radius 2 is 1.94 bits per heavy atom. The van der Waals surface area contributed by atoms with Gasteiger partial charge in [0.1, 0.15) is 5.56 Å². The smallest absolute Gasteiger partial charge is 0.363 e. The maximum absolute atomic E-state index is 13.7. The number of quaternary nitrogens is 1. The summed E-state index contributed by atoms with van der Waals surface area (Å²) in [6.45, 7) is 2.90. The number of alkyl halides is 3. The van der Waals surface area contributed by atoms with Gasteiger partial charge in [0.25, 0.3) is 0 Å². The highest BCUT2D eigenvalue weighted by molar-refractivity contribution is 7.88. The number of hydrogen-bond acceptors (Lipinski definition) is 4. The normalized spacial score (nSPS) is 17.8. The second kappa shape index (κ2) is 9.15. The van der Waals surface area contributed by atoms with Crippen molar-refractivity contribution in [2.24, 2.45) is 0 Å². The molecule has 1 atom stereocenters. The third-order valence-corrected chi connectivity index (χ3v) is 6.83. The second-order valence-corrected chi connectivity index (χ2v) is 9.72.